The highest BCUT2D eigenvalue weighted by Crippen LogP contribution is 2.19. The van der Waals surface area contributed by atoms with E-state index in [2.05, 4.69) is 10.5 Å². The van der Waals surface area contributed by atoms with E-state index in [4.69, 9.17) is 9.78 Å². The van der Waals surface area contributed by atoms with Crippen molar-refractivity contribution < 1.29 is 9.32 Å². The molecule has 1 heterocycles. The second-order valence-electron chi connectivity index (χ2n) is 4.92. The summed E-state index contributed by atoms with van der Waals surface area (Å²) in [5.41, 5.74) is 2.45. The minimum absolute atomic E-state index is 0.256. The van der Waals surface area contributed by atoms with Gasteiger partial charge in [-0.25, -0.2) is 0 Å². The average molecular weight is 303 g/mol. The lowest BCUT2D eigenvalue weighted by atomic mass is 10.1. The maximum Gasteiger partial charge on any atom is 0.251 e. The molecule has 0 unspecified atom stereocenters. The Labute approximate surface area is 133 Å². The van der Waals surface area contributed by atoms with Gasteiger partial charge in [0.1, 0.15) is 5.69 Å². The molecule has 0 atom stereocenters. The lowest BCUT2D eigenvalue weighted by molar-refractivity contribution is 0.0950. The summed E-state index contributed by atoms with van der Waals surface area (Å²) >= 11 is 0. The van der Waals surface area contributed by atoms with Crippen LogP contribution in [0, 0.1) is 11.3 Å². The van der Waals surface area contributed by atoms with Crippen molar-refractivity contribution in [1.29, 1.82) is 5.26 Å². The number of rotatable bonds is 4. The van der Waals surface area contributed by atoms with Crippen LogP contribution >= 0.6 is 0 Å². The van der Waals surface area contributed by atoms with Gasteiger partial charge in [0.05, 0.1) is 18.2 Å². The number of hydrogen-bond donors (Lipinski definition) is 1. The molecular formula is C18H13N3O2. The maximum absolute atomic E-state index is 12.1. The lowest BCUT2D eigenvalue weighted by Gasteiger charge is -2.02. The van der Waals surface area contributed by atoms with E-state index >= 15 is 0 Å². The fourth-order valence-corrected chi connectivity index (χ4v) is 2.14. The van der Waals surface area contributed by atoms with Crippen LogP contribution in [0.25, 0.3) is 11.3 Å². The Kier molecular flexibility index (Phi) is 4.16. The fraction of sp³-hybridized carbons (Fsp3) is 0.0556. The Hall–Kier alpha value is -3.39. The van der Waals surface area contributed by atoms with E-state index in [0.29, 0.717) is 22.6 Å². The standard InChI is InChI=1S/C18H13N3O2/c19-11-13-5-4-8-15(9-13)18(22)20-12-16-10-17(23-21-16)14-6-2-1-3-7-14/h1-10H,12H2,(H,20,22). The minimum Gasteiger partial charge on any atom is -0.356 e. The molecule has 0 aliphatic heterocycles. The summed E-state index contributed by atoms with van der Waals surface area (Å²) in [5.74, 6) is 0.396. The third kappa shape index (κ3) is 3.44. The van der Waals surface area contributed by atoms with Crippen LogP contribution in [-0.4, -0.2) is 11.1 Å². The fourth-order valence-electron chi connectivity index (χ4n) is 2.14. The van der Waals surface area contributed by atoms with E-state index in [-0.39, 0.29) is 12.5 Å². The predicted molar refractivity (Wildman–Crippen MR) is 84.3 cm³/mol. The van der Waals surface area contributed by atoms with Gasteiger partial charge in [0.2, 0.25) is 0 Å². The van der Waals surface area contributed by atoms with Gasteiger partial charge in [-0.15, -0.1) is 0 Å². The molecule has 1 N–H and O–H groups in total. The van der Waals surface area contributed by atoms with E-state index in [1.54, 1.807) is 30.3 Å². The van der Waals surface area contributed by atoms with Gasteiger partial charge in [-0.05, 0) is 18.2 Å². The number of aromatic nitrogens is 1. The first-order valence-electron chi connectivity index (χ1n) is 7.05. The van der Waals surface area contributed by atoms with Crippen molar-refractivity contribution in [2.75, 3.05) is 0 Å². The van der Waals surface area contributed by atoms with Crippen LogP contribution < -0.4 is 5.32 Å². The second kappa shape index (κ2) is 6.58. The largest absolute Gasteiger partial charge is 0.356 e. The molecule has 5 heteroatoms. The molecule has 0 bridgehead atoms. The molecule has 0 spiro atoms. The normalized spacial score (nSPS) is 10.0. The number of benzene rings is 2. The van der Waals surface area contributed by atoms with Crippen molar-refractivity contribution >= 4 is 5.91 Å². The van der Waals surface area contributed by atoms with Crippen molar-refractivity contribution in [2.45, 2.75) is 6.54 Å². The summed E-state index contributed by atoms with van der Waals surface area (Å²) in [4.78, 5) is 12.1. The highest BCUT2D eigenvalue weighted by molar-refractivity contribution is 5.94. The maximum atomic E-state index is 12.1. The molecule has 112 valence electrons. The van der Waals surface area contributed by atoms with Crippen LogP contribution in [0.1, 0.15) is 21.6 Å². The molecule has 5 nitrogen and oxygen atoms in total. The summed E-state index contributed by atoms with van der Waals surface area (Å²) < 4.78 is 5.28. The molecule has 0 radical (unpaired) electrons. The van der Waals surface area contributed by atoms with Crippen LogP contribution in [0.15, 0.2) is 65.2 Å². The summed E-state index contributed by atoms with van der Waals surface area (Å²) in [6.45, 7) is 0.256. The smallest absolute Gasteiger partial charge is 0.251 e. The van der Waals surface area contributed by atoms with Crippen LogP contribution in [0.5, 0.6) is 0 Å². The van der Waals surface area contributed by atoms with Crippen molar-refractivity contribution in [3.63, 3.8) is 0 Å². The van der Waals surface area contributed by atoms with Gasteiger partial charge in [0.25, 0.3) is 5.91 Å². The number of carbonyl (C=O) groups excluding carboxylic acids is 1. The van der Waals surface area contributed by atoms with Gasteiger partial charge in [-0.1, -0.05) is 41.6 Å². The predicted octanol–water partition coefficient (Wildman–Crippen LogP) is 3.14. The number of hydrogen-bond acceptors (Lipinski definition) is 4. The summed E-state index contributed by atoms with van der Waals surface area (Å²) in [6, 6.07) is 20.0. The number of nitriles is 1. The molecule has 3 aromatic rings. The van der Waals surface area contributed by atoms with Crippen LogP contribution in [0.3, 0.4) is 0 Å². The van der Waals surface area contributed by atoms with E-state index < -0.39 is 0 Å². The molecular weight excluding hydrogens is 290 g/mol. The molecule has 1 aromatic heterocycles. The summed E-state index contributed by atoms with van der Waals surface area (Å²) in [6.07, 6.45) is 0. The zero-order chi connectivity index (χ0) is 16.1. The molecule has 0 aliphatic carbocycles. The average Bonchev–Trinajstić information content (AvgIpc) is 3.09. The van der Waals surface area contributed by atoms with Crippen LogP contribution in [0.4, 0.5) is 0 Å². The zero-order valence-electron chi connectivity index (χ0n) is 12.2. The SMILES string of the molecule is N#Cc1cccc(C(=O)NCc2cc(-c3ccccc3)on2)c1. The van der Waals surface area contributed by atoms with Gasteiger partial charge in [0, 0.05) is 17.2 Å². The highest BCUT2D eigenvalue weighted by Gasteiger charge is 2.09. The lowest BCUT2D eigenvalue weighted by Crippen LogP contribution is -2.22. The van der Waals surface area contributed by atoms with E-state index in [1.807, 2.05) is 36.4 Å². The second-order valence-corrected chi connectivity index (χ2v) is 4.92. The molecule has 3 rings (SSSR count). The van der Waals surface area contributed by atoms with Gasteiger partial charge in [0.15, 0.2) is 5.76 Å². The van der Waals surface area contributed by atoms with Crippen LogP contribution in [0.2, 0.25) is 0 Å². The first-order valence-corrected chi connectivity index (χ1v) is 7.05. The molecule has 0 saturated heterocycles. The van der Waals surface area contributed by atoms with Gasteiger partial charge < -0.3 is 9.84 Å². The van der Waals surface area contributed by atoms with Crippen molar-refractivity contribution in [3.8, 4) is 17.4 Å². The zero-order valence-corrected chi connectivity index (χ0v) is 12.2. The quantitative estimate of drug-likeness (QED) is 0.803. The van der Waals surface area contributed by atoms with E-state index in [0.717, 1.165) is 5.56 Å². The monoisotopic (exact) mass is 303 g/mol. The molecule has 2 aromatic carbocycles. The third-order valence-corrected chi connectivity index (χ3v) is 3.30. The van der Waals surface area contributed by atoms with Crippen molar-refractivity contribution in [2.24, 2.45) is 0 Å². The number of nitrogens with one attached hydrogen (secondary N) is 1. The highest BCUT2D eigenvalue weighted by atomic mass is 16.5. The Morgan fingerprint density at radius 1 is 1.13 bits per heavy atom. The molecule has 0 aliphatic rings. The molecule has 23 heavy (non-hydrogen) atoms. The van der Waals surface area contributed by atoms with Crippen LogP contribution in [-0.2, 0) is 6.54 Å². The molecule has 0 fully saturated rings. The van der Waals surface area contributed by atoms with E-state index in [1.165, 1.54) is 0 Å². The Balaban J connectivity index is 1.66. The van der Waals surface area contributed by atoms with Gasteiger partial charge in [-0.3, -0.25) is 4.79 Å². The number of carbonyl (C=O) groups is 1. The summed E-state index contributed by atoms with van der Waals surface area (Å²) in [7, 11) is 0. The topological polar surface area (TPSA) is 78.9 Å². The van der Waals surface area contributed by atoms with Crippen molar-refractivity contribution in [3.05, 3.63) is 77.5 Å². The third-order valence-electron chi connectivity index (χ3n) is 3.30. The first kappa shape index (κ1) is 14.5. The Morgan fingerprint density at radius 3 is 2.74 bits per heavy atom. The molecule has 1 amide bonds. The van der Waals surface area contributed by atoms with Gasteiger partial charge in [-0.2, -0.15) is 5.26 Å². The first-order chi connectivity index (χ1) is 11.3. The number of amides is 1. The molecule has 0 saturated carbocycles. The Bertz CT molecular complexity index is 863. The number of nitrogens with zero attached hydrogens (tertiary/aromatic N) is 2. The minimum atomic E-state index is -0.258. The van der Waals surface area contributed by atoms with Crippen molar-refractivity contribution in [1.82, 2.24) is 10.5 Å². The Morgan fingerprint density at radius 2 is 1.96 bits per heavy atom. The summed E-state index contributed by atoms with van der Waals surface area (Å²) in [5, 5.41) is 15.6. The van der Waals surface area contributed by atoms with Gasteiger partial charge >= 0.3 is 0 Å². The van der Waals surface area contributed by atoms with E-state index in [9.17, 15) is 4.79 Å².